The van der Waals surface area contributed by atoms with E-state index in [1.165, 1.54) is 5.56 Å². The topological polar surface area (TPSA) is 41.1 Å². The molecule has 16 heavy (non-hydrogen) atoms. The maximum atomic E-state index is 11.8. The van der Waals surface area contributed by atoms with E-state index in [1.807, 2.05) is 44.2 Å². The SMILES string of the molecule is CCNC(=O)[C@H](Cc1ccccc1)NCC. The lowest BCUT2D eigenvalue weighted by Crippen LogP contribution is -2.45. The molecular weight excluding hydrogens is 200 g/mol. The van der Waals surface area contributed by atoms with E-state index in [4.69, 9.17) is 0 Å². The fourth-order valence-electron chi connectivity index (χ4n) is 1.65. The highest BCUT2D eigenvalue weighted by molar-refractivity contribution is 5.82. The van der Waals surface area contributed by atoms with Gasteiger partial charge in [-0.3, -0.25) is 4.79 Å². The van der Waals surface area contributed by atoms with Crippen molar-refractivity contribution in [3.63, 3.8) is 0 Å². The fraction of sp³-hybridized carbons (Fsp3) is 0.462. The molecule has 1 atom stereocenters. The Kier molecular flexibility index (Phi) is 5.57. The maximum Gasteiger partial charge on any atom is 0.237 e. The minimum absolute atomic E-state index is 0.0770. The molecule has 1 aromatic carbocycles. The molecule has 0 heterocycles. The van der Waals surface area contributed by atoms with Gasteiger partial charge in [-0.05, 0) is 25.5 Å². The highest BCUT2D eigenvalue weighted by Crippen LogP contribution is 2.03. The number of hydrogen-bond acceptors (Lipinski definition) is 2. The van der Waals surface area contributed by atoms with Crippen molar-refractivity contribution in [1.29, 1.82) is 0 Å². The first kappa shape index (κ1) is 12.7. The molecule has 3 heteroatoms. The Morgan fingerprint density at radius 2 is 1.88 bits per heavy atom. The Hall–Kier alpha value is -1.35. The number of hydrogen-bond donors (Lipinski definition) is 2. The first-order chi connectivity index (χ1) is 7.77. The lowest BCUT2D eigenvalue weighted by atomic mass is 10.1. The van der Waals surface area contributed by atoms with Crippen LogP contribution in [0.25, 0.3) is 0 Å². The van der Waals surface area contributed by atoms with Gasteiger partial charge in [0.2, 0.25) is 5.91 Å². The number of likely N-dealkylation sites (N-methyl/N-ethyl adjacent to an activating group) is 2. The molecule has 0 spiro atoms. The molecule has 0 bridgehead atoms. The van der Waals surface area contributed by atoms with E-state index in [2.05, 4.69) is 10.6 Å². The summed E-state index contributed by atoms with van der Waals surface area (Å²) in [6.07, 6.45) is 0.737. The van der Waals surface area contributed by atoms with Crippen LogP contribution in [0.3, 0.4) is 0 Å². The van der Waals surface area contributed by atoms with E-state index in [0.29, 0.717) is 6.54 Å². The van der Waals surface area contributed by atoms with E-state index in [0.717, 1.165) is 13.0 Å². The predicted molar refractivity (Wildman–Crippen MR) is 66.3 cm³/mol. The minimum atomic E-state index is -0.132. The highest BCUT2D eigenvalue weighted by Gasteiger charge is 2.16. The minimum Gasteiger partial charge on any atom is -0.355 e. The third kappa shape index (κ3) is 4.03. The third-order valence-corrected chi connectivity index (χ3v) is 2.40. The second-order valence-electron chi connectivity index (χ2n) is 3.69. The lowest BCUT2D eigenvalue weighted by molar-refractivity contribution is -0.123. The average molecular weight is 220 g/mol. The van der Waals surface area contributed by atoms with Gasteiger partial charge >= 0.3 is 0 Å². The van der Waals surface area contributed by atoms with Crippen molar-refractivity contribution >= 4 is 5.91 Å². The summed E-state index contributed by atoms with van der Waals surface area (Å²) in [5.41, 5.74) is 1.18. The fourth-order valence-corrected chi connectivity index (χ4v) is 1.65. The molecule has 3 nitrogen and oxygen atoms in total. The zero-order valence-corrected chi connectivity index (χ0v) is 9.99. The van der Waals surface area contributed by atoms with Crippen molar-refractivity contribution in [2.75, 3.05) is 13.1 Å². The van der Waals surface area contributed by atoms with Gasteiger partial charge in [0, 0.05) is 6.54 Å². The average Bonchev–Trinajstić information content (AvgIpc) is 2.30. The number of amides is 1. The van der Waals surface area contributed by atoms with Crippen LogP contribution in [-0.4, -0.2) is 25.0 Å². The van der Waals surface area contributed by atoms with E-state index >= 15 is 0 Å². The Morgan fingerprint density at radius 1 is 1.19 bits per heavy atom. The molecule has 1 amide bonds. The van der Waals surface area contributed by atoms with Gasteiger partial charge in [0.15, 0.2) is 0 Å². The zero-order chi connectivity index (χ0) is 11.8. The van der Waals surface area contributed by atoms with Gasteiger partial charge in [-0.1, -0.05) is 37.3 Å². The van der Waals surface area contributed by atoms with E-state index in [1.54, 1.807) is 0 Å². The summed E-state index contributed by atoms with van der Waals surface area (Å²) < 4.78 is 0. The van der Waals surface area contributed by atoms with Crippen LogP contribution in [0, 0.1) is 0 Å². The van der Waals surface area contributed by atoms with Crippen molar-refractivity contribution in [1.82, 2.24) is 10.6 Å². The van der Waals surface area contributed by atoms with Crippen LogP contribution >= 0.6 is 0 Å². The molecule has 0 fully saturated rings. The molecule has 0 radical (unpaired) electrons. The van der Waals surface area contributed by atoms with Crippen LogP contribution in [0.15, 0.2) is 30.3 Å². The van der Waals surface area contributed by atoms with Crippen LogP contribution < -0.4 is 10.6 Å². The van der Waals surface area contributed by atoms with Gasteiger partial charge in [-0.2, -0.15) is 0 Å². The van der Waals surface area contributed by atoms with Crippen molar-refractivity contribution in [2.24, 2.45) is 0 Å². The molecule has 2 N–H and O–H groups in total. The molecule has 88 valence electrons. The molecule has 1 aromatic rings. The maximum absolute atomic E-state index is 11.8. The second kappa shape index (κ2) is 7.01. The summed E-state index contributed by atoms with van der Waals surface area (Å²) >= 11 is 0. The highest BCUT2D eigenvalue weighted by atomic mass is 16.2. The zero-order valence-electron chi connectivity index (χ0n) is 9.99. The summed E-state index contributed by atoms with van der Waals surface area (Å²) in [6, 6.07) is 9.93. The Balaban J connectivity index is 2.60. The molecule has 0 aliphatic carbocycles. The molecule has 0 aliphatic rings. The Labute approximate surface area is 97.2 Å². The smallest absolute Gasteiger partial charge is 0.237 e. The molecule has 0 aliphatic heterocycles. The third-order valence-electron chi connectivity index (χ3n) is 2.40. The largest absolute Gasteiger partial charge is 0.355 e. The van der Waals surface area contributed by atoms with Gasteiger partial charge in [0.1, 0.15) is 0 Å². The quantitative estimate of drug-likeness (QED) is 0.759. The predicted octanol–water partition coefficient (Wildman–Crippen LogP) is 1.34. The lowest BCUT2D eigenvalue weighted by Gasteiger charge is -2.17. The Morgan fingerprint density at radius 3 is 2.44 bits per heavy atom. The summed E-state index contributed by atoms with van der Waals surface area (Å²) in [5, 5.41) is 6.05. The molecule has 1 rings (SSSR count). The molecule has 0 saturated heterocycles. The van der Waals surface area contributed by atoms with Gasteiger partial charge in [-0.25, -0.2) is 0 Å². The van der Waals surface area contributed by atoms with Crippen LogP contribution in [-0.2, 0) is 11.2 Å². The van der Waals surface area contributed by atoms with Crippen molar-refractivity contribution in [3.8, 4) is 0 Å². The van der Waals surface area contributed by atoms with E-state index in [9.17, 15) is 4.79 Å². The number of carbonyl (C=O) groups is 1. The summed E-state index contributed by atoms with van der Waals surface area (Å²) in [7, 11) is 0. The normalized spacial score (nSPS) is 12.1. The van der Waals surface area contributed by atoms with Crippen LogP contribution in [0.4, 0.5) is 0 Å². The molecule has 0 aromatic heterocycles. The molecule has 0 saturated carbocycles. The monoisotopic (exact) mass is 220 g/mol. The number of nitrogens with one attached hydrogen (secondary N) is 2. The van der Waals surface area contributed by atoms with Gasteiger partial charge < -0.3 is 10.6 Å². The van der Waals surface area contributed by atoms with Gasteiger partial charge in [0.25, 0.3) is 0 Å². The summed E-state index contributed by atoms with van der Waals surface area (Å²) in [4.78, 5) is 11.8. The molecule has 0 unspecified atom stereocenters. The first-order valence-electron chi connectivity index (χ1n) is 5.83. The number of rotatable bonds is 6. The Bertz CT molecular complexity index is 311. The van der Waals surface area contributed by atoms with Gasteiger partial charge in [0.05, 0.1) is 6.04 Å². The standard InChI is InChI=1S/C13H20N2O/c1-3-14-12(13(16)15-4-2)10-11-8-6-5-7-9-11/h5-9,12,14H,3-4,10H2,1-2H3,(H,15,16)/t12-/m0/s1. The van der Waals surface area contributed by atoms with Crippen molar-refractivity contribution in [2.45, 2.75) is 26.3 Å². The first-order valence-corrected chi connectivity index (χ1v) is 5.83. The molecular formula is C13H20N2O. The second-order valence-corrected chi connectivity index (χ2v) is 3.69. The van der Waals surface area contributed by atoms with Gasteiger partial charge in [-0.15, -0.1) is 0 Å². The van der Waals surface area contributed by atoms with E-state index < -0.39 is 0 Å². The van der Waals surface area contributed by atoms with E-state index in [-0.39, 0.29) is 11.9 Å². The van der Waals surface area contributed by atoms with Crippen molar-refractivity contribution in [3.05, 3.63) is 35.9 Å². The van der Waals surface area contributed by atoms with Crippen LogP contribution in [0.5, 0.6) is 0 Å². The summed E-state index contributed by atoms with van der Waals surface area (Å²) in [6.45, 7) is 5.42. The number of benzene rings is 1. The summed E-state index contributed by atoms with van der Waals surface area (Å²) in [5.74, 6) is 0.0770. The van der Waals surface area contributed by atoms with Crippen molar-refractivity contribution < 1.29 is 4.79 Å². The van der Waals surface area contributed by atoms with Crippen LogP contribution in [0.2, 0.25) is 0 Å². The number of carbonyl (C=O) groups excluding carboxylic acids is 1. The van der Waals surface area contributed by atoms with Crippen LogP contribution in [0.1, 0.15) is 19.4 Å².